The van der Waals surface area contributed by atoms with Crippen LogP contribution in [0.3, 0.4) is 0 Å². The lowest BCUT2D eigenvalue weighted by molar-refractivity contribution is 0.0229. The maximum Gasteiger partial charge on any atom is 0.0483 e. The molecule has 0 bridgehead atoms. The van der Waals surface area contributed by atoms with Crippen molar-refractivity contribution in [3.8, 4) is 0 Å². The molecule has 4 heteroatoms. The van der Waals surface area contributed by atoms with Gasteiger partial charge in [0.2, 0.25) is 0 Å². The quantitative estimate of drug-likeness (QED) is 0.786. The predicted molar refractivity (Wildman–Crippen MR) is 68.0 cm³/mol. The van der Waals surface area contributed by atoms with Crippen molar-refractivity contribution in [2.45, 2.75) is 43.7 Å². The van der Waals surface area contributed by atoms with Crippen molar-refractivity contribution in [1.29, 1.82) is 0 Å². The minimum atomic E-state index is 0.148. The molecule has 1 atom stereocenters. The van der Waals surface area contributed by atoms with Crippen LogP contribution in [0.4, 0.5) is 0 Å². The number of hydrogen-bond donors (Lipinski definition) is 2. The lowest BCUT2D eigenvalue weighted by Crippen LogP contribution is -2.55. The highest BCUT2D eigenvalue weighted by atomic mass is 32.2. The molecule has 0 saturated carbocycles. The van der Waals surface area contributed by atoms with Gasteiger partial charge >= 0.3 is 0 Å². The van der Waals surface area contributed by atoms with Crippen LogP contribution in [-0.2, 0) is 4.74 Å². The van der Waals surface area contributed by atoms with E-state index in [0.717, 1.165) is 32.5 Å². The second-order valence-electron chi connectivity index (χ2n) is 4.92. The Morgan fingerprint density at radius 2 is 2.19 bits per heavy atom. The maximum atomic E-state index is 9.23. The lowest BCUT2D eigenvalue weighted by Gasteiger charge is -2.41. The number of aliphatic hydroxyl groups excluding tert-OH is 1. The van der Waals surface area contributed by atoms with E-state index in [1.807, 2.05) is 0 Å². The van der Waals surface area contributed by atoms with Gasteiger partial charge in [-0.1, -0.05) is 0 Å². The molecule has 16 heavy (non-hydrogen) atoms. The Balaban J connectivity index is 1.89. The second-order valence-corrected chi connectivity index (χ2v) is 6.07. The van der Waals surface area contributed by atoms with Crippen LogP contribution in [0.5, 0.6) is 0 Å². The van der Waals surface area contributed by atoms with E-state index in [-0.39, 0.29) is 12.1 Å². The minimum absolute atomic E-state index is 0.148. The molecule has 2 rings (SSSR count). The predicted octanol–water partition coefficient (Wildman–Crippen LogP) is 1.40. The van der Waals surface area contributed by atoms with Crippen LogP contribution in [0.25, 0.3) is 0 Å². The summed E-state index contributed by atoms with van der Waals surface area (Å²) in [5.74, 6) is 2.54. The zero-order valence-corrected chi connectivity index (χ0v) is 10.7. The van der Waals surface area contributed by atoms with E-state index in [4.69, 9.17) is 4.74 Å². The molecule has 0 aromatic carbocycles. The second kappa shape index (κ2) is 6.24. The number of thioether (sulfide) groups is 1. The molecule has 2 aliphatic rings. The molecule has 2 saturated heterocycles. The summed E-state index contributed by atoms with van der Waals surface area (Å²) in [5, 5.41) is 13.0. The molecule has 2 fully saturated rings. The van der Waals surface area contributed by atoms with Gasteiger partial charge in [-0.25, -0.2) is 0 Å². The van der Waals surface area contributed by atoms with Crippen LogP contribution in [0.2, 0.25) is 0 Å². The fraction of sp³-hybridized carbons (Fsp3) is 1.00. The number of ether oxygens (including phenoxy) is 1. The first-order chi connectivity index (χ1) is 7.85. The van der Waals surface area contributed by atoms with Crippen LogP contribution in [0.15, 0.2) is 0 Å². The van der Waals surface area contributed by atoms with E-state index < -0.39 is 0 Å². The average molecular weight is 245 g/mol. The molecule has 3 nitrogen and oxygen atoms in total. The third-order valence-corrected chi connectivity index (χ3v) is 4.93. The summed E-state index contributed by atoms with van der Waals surface area (Å²) in [6, 6.07) is 0.642. The summed E-state index contributed by atoms with van der Waals surface area (Å²) in [6.45, 7) is 1.96. The van der Waals surface area contributed by atoms with Gasteiger partial charge in [-0.2, -0.15) is 11.8 Å². The molecule has 0 aliphatic carbocycles. The van der Waals surface area contributed by atoms with Crippen molar-refractivity contribution in [3.63, 3.8) is 0 Å². The Labute approximate surface area is 102 Å². The molecular formula is C12H23NO2S. The summed E-state index contributed by atoms with van der Waals surface area (Å²) in [6.07, 6.45) is 5.59. The molecule has 0 aromatic rings. The van der Waals surface area contributed by atoms with Gasteiger partial charge in [0, 0.05) is 37.2 Å². The molecule has 2 heterocycles. The normalized spacial score (nSPS) is 30.2. The van der Waals surface area contributed by atoms with Crippen LogP contribution < -0.4 is 5.32 Å². The first-order valence-corrected chi connectivity index (χ1v) is 7.54. The highest BCUT2D eigenvalue weighted by Crippen LogP contribution is 2.27. The standard InChI is InChI=1S/C12H23NO2S/c14-6-3-12(4-7-15-8-5-12)13-11-2-1-9-16-10-11/h11,13-14H,1-10H2. The summed E-state index contributed by atoms with van der Waals surface area (Å²) < 4.78 is 5.43. The summed E-state index contributed by atoms with van der Waals surface area (Å²) >= 11 is 2.05. The Hall–Kier alpha value is 0.230. The minimum Gasteiger partial charge on any atom is -0.396 e. The highest BCUT2D eigenvalue weighted by Gasteiger charge is 2.34. The lowest BCUT2D eigenvalue weighted by atomic mass is 9.85. The molecule has 2 aliphatic heterocycles. The Bertz CT molecular complexity index is 196. The average Bonchev–Trinajstić information content (AvgIpc) is 2.31. The Kier molecular flexibility index (Phi) is 4.95. The van der Waals surface area contributed by atoms with Crippen LogP contribution in [0.1, 0.15) is 32.1 Å². The Morgan fingerprint density at radius 3 is 2.81 bits per heavy atom. The van der Waals surface area contributed by atoms with Crippen molar-refractivity contribution in [3.05, 3.63) is 0 Å². The van der Waals surface area contributed by atoms with Crippen molar-refractivity contribution in [1.82, 2.24) is 5.32 Å². The van der Waals surface area contributed by atoms with E-state index in [2.05, 4.69) is 17.1 Å². The van der Waals surface area contributed by atoms with Crippen molar-refractivity contribution < 1.29 is 9.84 Å². The molecule has 0 spiro atoms. The van der Waals surface area contributed by atoms with Gasteiger partial charge in [0.15, 0.2) is 0 Å². The highest BCUT2D eigenvalue weighted by molar-refractivity contribution is 7.99. The Morgan fingerprint density at radius 1 is 1.38 bits per heavy atom. The van der Waals surface area contributed by atoms with E-state index in [1.165, 1.54) is 24.3 Å². The topological polar surface area (TPSA) is 41.5 Å². The third-order valence-electron chi connectivity index (χ3n) is 3.71. The first kappa shape index (κ1) is 12.7. The van der Waals surface area contributed by atoms with E-state index in [0.29, 0.717) is 6.04 Å². The maximum absolute atomic E-state index is 9.23. The third kappa shape index (κ3) is 3.36. The van der Waals surface area contributed by atoms with E-state index in [1.54, 1.807) is 0 Å². The molecule has 0 aromatic heterocycles. The first-order valence-electron chi connectivity index (χ1n) is 6.39. The summed E-state index contributed by atoms with van der Waals surface area (Å²) in [5.41, 5.74) is 0.148. The van der Waals surface area contributed by atoms with Gasteiger partial charge in [0.25, 0.3) is 0 Å². The summed E-state index contributed by atoms with van der Waals surface area (Å²) in [4.78, 5) is 0. The van der Waals surface area contributed by atoms with Gasteiger partial charge in [0.05, 0.1) is 0 Å². The van der Waals surface area contributed by atoms with Crippen LogP contribution in [0, 0.1) is 0 Å². The van der Waals surface area contributed by atoms with Gasteiger partial charge in [-0.15, -0.1) is 0 Å². The number of aliphatic hydroxyl groups is 1. The molecule has 94 valence electrons. The molecule has 0 amide bonds. The summed E-state index contributed by atoms with van der Waals surface area (Å²) in [7, 11) is 0. The molecule has 2 N–H and O–H groups in total. The molecule has 0 radical (unpaired) electrons. The monoisotopic (exact) mass is 245 g/mol. The fourth-order valence-electron chi connectivity index (χ4n) is 2.73. The van der Waals surface area contributed by atoms with Crippen LogP contribution in [-0.4, -0.2) is 48.0 Å². The van der Waals surface area contributed by atoms with Gasteiger partial charge in [-0.3, -0.25) is 0 Å². The van der Waals surface area contributed by atoms with Gasteiger partial charge < -0.3 is 15.2 Å². The molecular weight excluding hydrogens is 222 g/mol. The number of hydrogen-bond acceptors (Lipinski definition) is 4. The van der Waals surface area contributed by atoms with Gasteiger partial charge in [-0.05, 0) is 37.9 Å². The van der Waals surface area contributed by atoms with Crippen LogP contribution >= 0.6 is 11.8 Å². The van der Waals surface area contributed by atoms with Crippen molar-refractivity contribution in [2.24, 2.45) is 0 Å². The zero-order valence-electron chi connectivity index (χ0n) is 9.91. The van der Waals surface area contributed by atoms with E-state index in [9.17, 15) is 5.11 Å². The fourth-order valence-corrected chi connectivity index (χ4v) is 3.80. The number of nitrogens with one attached hydrogen (secondary N) is 1. The van der Waals surface area contributed by atoms with E-state index >= 15 is 0 Å². The largest absolute Gasteiger partial charge is 0.396 e. The number of rotatable bonds is 4. The molecule has 1 unspecified atom stereocenters. The van der Waals surface area contributed by atoms with Crippen molar-refractivity contribution in [2.75, 3.05) is 31.3 Å². The zero-order chi connectivity index (χ0) is 11.3. The smallest absolute Gasteiger partial charge is 0.0483 e. The SMILES string of the molecule is OCCC1(NC2CCCSC2)CCOCC1. The van der Waals surface area contributed by atoms with Gasteiger partial charge in [0.1, 0.15) is 0 Å². The van der Waals surface area contributed by atoms with Crippen molar-refractivity contribution >= 4 is 11.8 Å².